The summed E-state index contributed by atoms with van der Waals surface area (Å²) in [5, 5.41) is 0. The molecule has 2 nitrogen and oxygen atoms in total. The first-order valence-electron chi connectivity index (χ1n) is 5.35. The van der Waals surface area contributed by atoms with Crippen LogP contribution in [-0.2, 0) is 6.42 Å². The van der Waals surface area contributed by atoms with E-state index in [9.17, 15) is 0 Å². The highest BCUT2D eigenvalue weighted by Crippen LogP contribution is 2.23. The van der Waals surface area contributed by atoms with E-state index in [0.717, 1.165) is 6.42 Å². The van der Waals surface area contributed by atoms with Crippen molar-refractivity contribution in [2.24, 2.45) is 5.73 Å². The maximum Gasteiger partial charge on any atom is 0.0394 e. The zero-order valence-corrected chi connectivity index (χ0v) is 10.5. The average molecular weight is 206 g/mol. The molecule has 0 saturated carbocycles. The van der Waals surface area contributed by atoms with Crippen molar-refractivity contribution in [2.45, 2.75) is 32.7 Å². The lowest BCUT2D eigenvalue weighted by Crippen LogP contribution is -2.35. The molecule has 0 aliphatic rings. The fourth-order valence-corrected chi connectivity index (χ4v) is 1.78. The Morgan fingerprint density at radius 3 is 2.33 bits per heavy atom. The molecule has 2 heteroatoms. The van der Waals surface area contributed by atoms with E-state index in [2.05, 4.69) is 58.0 Å². The number of hydrogen-bond acceptors (Lipinski definition) is 2. The van der Waals surface area contributed by atoms with E-state index in [1.54, 1.807) is 0 Å². The van der Waals surface area contributed by atoms with Gasteiger partial charge in [0, 0.05) is 25.3 Å². The maximum absolute atomic E-state index is 6.07. The molecule has 0 heterocycles. The predicted octanol–water partition coefficient (Wildman–Crippen LogP) is 2.34. The fourth-order valence-electron chi connectivity index (χ4n) is 1.78. The lowest BCUT2D eigenvalue weighted by atomic mass is 9.94. The number of aryl methyl sites for hydroxylation is 1. The van der Waals surface area contributed by atoms with Gasteiger partial charge in [-0.1, -0.05) is 17.7 Å². The molecule has 0 amide bonds. The van der Waals surface area contributed by atoms with Crippen LogP contribution in [0.3, 0.4) is 0 Å². The van der Waals surface area contributed by atoms with Crippen molar-refractivity contribution in [2.75, 3.05) is 19.0 Å². The molecule has 0 fully saturated rings. The van der Waals surface area contributed by atoms with Gasteiger partial charge in [0.1, 0.15) is 0 Å². The average Bonchev–Trinajstić information content (AvgIpc) is 1.99. The standard InChI is InChI=1S/C13H22N2/c1-10-6-7-12(15(4)5)11(8-10)9-13(2,3)14/h6-8H,9,14H2,1-5H3. The highest BCUT2D eigenvalue weighted by Gasteiger charge is 2.15. The minimum Gasteiger partial charge on any atom is -0.377 e. The summed E-state index contributed by atoms with van der Waals surface area (Å²) in [6.07, 6.45) is 0.905. The summed E-state index contributed by atoms with van der Waals surface area (Å²) >= 11 is 0. The van der Waals surface area contributed by atoms with Crippen molar-refractivity contribution in [1.29, 1.82) is 0 Å². The van der Waals surface area contributed by atoms with Crippen LogP contribution in [0, 0.1) is 6.92 Å². The Kier molecular flexibility index (Phi) is 3.40. The second-order valence-electron chi connectivity index (χ2n) is 5.19. The number of nitrogens with two attached hydrogens (primary N) is 1. The van der Waals surface area contributed by atoms with Gasteiger partial charge in [-0.2, -0.15) is 0 Å². The Hall–Kier alpha value is -1.02. The molecule has 1 aromatic rings. The molecule has 1 aromatic carbocycles. The first kappa shape index (κ1) is 12.1. The summed E-state index contributed by atoms with van der Waals surface area (Å²) in [4.78, 5) is 2.14. The van der Waals surface area contributed by atoms with Gasteiger partial charge < -0.3 is 10.6 Å². The lowest BCUT2D eigenvalue weighted by molar-refractivity contribution is 0.516. The molecule has 0 aromatic heterocycles. The van der Waals surface area contributed by atoms with E-state index < -0.39 is 0 Å². The van der Waals surface area contributed by atoms with Crippen LogP contribution < -0.4 is 10.6 Å². The quantitative estimate of drug-likeness (QED) is 0.822. The minimum absolute atomic E-state index is 0.154. The van der Waals surface area contributed by atoms with E-state index in [1.807, 2.05) is 0 Å². The molecule has 0 bridgehead atoms. The number of anilines is 1. The second kappa shape index (κ2) is 4.23. The van der Waals surface area contributed by atoms with Crippen molar-refractivity contribution in [3.8, 4) is 0 Å². The van der Waals surface area contributed by atoms with Crippen molar-refractivity contribution >= 4 is 5.69 Å². The van der Waals surface area contributed by atoms with Crippen LogP contribution in [0.15, 0.2) is 18.2 Å². The number of benzene rings is 1. The van der Waals surface area contributed by atoms with Crippen LogP contribution >= 0.6 is 0 Å². The first-order chi connectivity index (χ1) is 6.79. The third-order valence-corrected chi connectivity index (χ3v) is 2.36. The third-order valence-electron chi connectivity index (χ3n) is 2.36. The molecule has 2 N–H and O–H groups in total. The third kappa shape index (κ3) is 3.56. The van der Waals surface area contributed by atoms with Gasteiger partial charge >= 0.3 is 0 Å². The molecule has 0 spiro atoms. The molecule has 15 heavy (non-hydrogen) atoms. The zero-order chi connectivity index (χ0) is 11.6. The number of rotatable bonds is 3. The van der Waals surface area contributed by atoms with Crippen LogP contribution in [0.1, 0.15) is 25.0 Å². The van der Waals surface area contributed by atoms with Crippen LogP contribution in [0.5, 0.6) is 0 Å². The van der Waals surface area contributed by atoms with Gasteiger partial charge in [0.15, 0.2) is 0 Å². The molecule has 84 valence electrons. The van der Waals surface area contributed by atoms with E-state index >= 15 is 0 Å². The highest BCUT2D eigenvalue weighted by atomic mass is 15.1. The normalized spacial score (nSPS) is 11.6. The summed E-state index contributed by atoms with van der Waals surface area (Å²) in [7, 11) is 4.13. The summed E-state index contributed by atoms with van der Waals surface area (Å²) in [5.41, 5.74) is 9.79. The molecule has 0 atom stereocenters. The predicted molar refractivity (Wildman–Crippen MR) is 67.5 cm³/mol. The summed E-state index contributed by atoms with van der Waals surface area (Å²) in [5.74, 6) is 0. The van der Waals surface area contributed by atoms with Gasteiger partial charge in [-0.3, -0.25) is 0 Å². The largest absolute Gasteiger partial charge is 0.377 e. The van der Waals surface area contributed by atoms with Crippen molar-refractivity contribution < 1.29 is 0 Å². The molecule has 0 unspecified atom stereocenters. The van der Waals surface area contributed by atoms with E-state index in [1.165, 1.54) is 16.8 Å². The van der Waals surface area contributed by atoms with Crippen molar-refractivity contribution in [1.82, 2.24) is 0 Å². The molecule has 0 aliphatic heterocycles. The van der Waals surface area contributed by atoms with Gasteiger partial charge in [0.2, 0.25) is 0 Å². The van der Waals surface area contributed by atoms with Crippen LogP contribution in [0.4, 0.5) is 5.69 Å². The Morgan fingerprint density at radius 2 is 1.87 bits per heavy atom. The van der Waals surface area contributed by atoms with Crippen molar-refractivity contribution in [3.05, 3.63) is 29.3 Å². The number of hydrogen-bond donors (Lipinski definition) is 1. The van der Waals surface area contributed by atoms with E-state index in [0.29, 0.717) is 0 Å². The Balaban J connectivity index is 3.08. The fraction of sp³-hybridized carbons (Fsp3) is 0.538. The maximum atomic E-state index is 6.07. The van der Waals surface area contributed by atoms with Crippen LogP contribution in [0.25, 0.3) is 0 Å². The first-order valence-corrected chi connectivity index (χ1v) is 5.35. The second-order valence-corrected chi connectivity index (χ2v) is 5.19. The summed E-state index contributed by atoms with van der Waals surface area (Å²) < 4.78 is 0. The van der Waals surface area contributed by atoms with Gasteiger partial charge in [0.25, 0.3) is 0 Å². The molecule has 0 saturated heterocycles. The SMILES string of the molecule is Cc1ccc(N(C)C)c(CC(C)(C)N)c1. The van der Waals surface area contributed by atoms with Gasteiger partial charge in [-0.05, 0) is 38.8 Å². The lowest BCUT2D eigenvalue weighted by Gasteiger charge is -2.24. The van der Waals surface area contributed by atoms with Gasteiger partial charge in [-0.15, -0.1) is 0 Å². The number of nitrogens with zero attached hydrogens (tertiary/aromatic N) is 1. The highest BCUT2D eigenvalue weighted by molar-refractivity contribution is 5.54. The van der Waals surface area contributed by atoms with Gasteiger partial charge in [0.05, 0.1) is 0 Å². The molecule has 1 rings (SSSR count). The topological polar surface area (TPSA) is 29.3 Å². The molecule has 0 radical (unpaired) electrons. The monoisotopic (exact) mass is 206 g/mol. The molecule has 0 aliphatic carbocycles. The molecular formula is C13H22N2. The minimum atomic E-state index is -0.154. The Bertz CT molecular complexity index is 335. The molecular weight excluding hydrogens is 184 g/mol. The van der Waals surface area contributed by atoms with Crippen molar-refractivity contribution in [3.63, 3.8) is 0 Å². The van der Waals surface area contributed by atoms with E-state index in [-0.39, 0.29) is 5.54 Å². The van der Waals surface area contributed by atoms with E-state index in [4.69, 9.17) is 5.73 Å². The van der Waals surface area contributed by atoms with Gasteiger partial charge in [-0.25, -0.2) is 0 Å². The smallest absolute Gasteiger partial charge is 0.0394 e. The summed E-state index contributed by atoms with van der Waals surface area (Å²) in [6.45, 7) is 6.25. The zero-order valence-electron chi connectivity index (χ0n) is 10.5. The Labute approximate surface area is 93.1 Å². The van der Waals surface area contributed by atoms with Crippen LogP contribution in [-0.4, -0.2) is 19.6 Å². The van der Waals surface area contributed by atoms with Crippen LogP contribution in [0.2, 0.25) is 0 Å². The Morgan fingerprint density at radius 1 is 1.27 bits per heavy atom. The summed E-state index contributed by atoms with van der Waals surface area (Å²) in [6, 6.07) is 6.53.